The van der Waals surface area contributed by atoms with Gasteiger partial charge in [-0.25, -0.2) is 4.98 Å². The van der Waals surface area contributed by atoms with Gasteiger partial charge in [-0.3, -0.25) is 19.9 Å². The summed E-state index contributed by atoms with van der Waals surface area (Å²) in [7, 11) is 3.80. The number of likely N-dealkylation sites (N-methyl/N-ethyl adjacent to an activating group) is 1. The number of fused-ring (bicyclic) bond motifs is 1. The highest BCUT2D eigenvalue weighted by molar-refractivity contribution is 6.35. The van der Waals surface area contributed by atoms with E-state index < -0.39 is 18.0 Å². The smallest absolute Gasteiger partial charge is 0.406 e. The van der Waals surface area contributed by atoms with Crippen LogP contribution in [0.5, 0.6) is 5.75 Å². The molecule has 9 nitrogen and oxygen atoms in total. The van der Waals surface area contributed by atoms with E-state index in [9.17, 15) is 22.8 Å². The topological polar surface area (TPSA) is 92.6 Å². The number of anilines is 1. The van der Waals surface area contributed by atoms with Crippen molar-refractivity contribution < 1.29 is 27.5 Å². The molecule has 1 N–H and O–H groups in total. The predicted octanol–water partition coefficient (Wildman–Crippen LogP) is 5.22. The van der Waals surface area contributed by atoms with Crippen molar-refractivity contribution >= 4 is 40.4 Å². The number of alkyl halides is 3. The number of halogens is 4. The van der Waals surface area contributed by atoms with Crippen molar-refractivity contribution in [3.8, 4) is 5.75 Å². The molecule has 3 aromatic rings. The molecule has 3 heterocycles. The van der Waals surface area contributed by atoms with Gasteiger partial charge in [0, 0.05) is 55.3 Å². The highest BCUT2D eigenvalue weighted by Gasteiger charge is 2.33. The van der Waals surface area contributed by atoms with Crippen LogP contribution in [0.4, 0.5) is 19.1 Å². The molecule has 2 amide bonds. The number of nitrogens with one attached hydrogen (secondary N) is 1. The van der Waals surface area contributed by atoms with E-state index >= 15 is 0 Å². The zero-order chi connectivity index (χ0) is 29.0. The van der Waals surface area contributed by atoms with E-state index in [0.717, 1.165) is 25.0 Å². The van der Waals surface area contributed by atoms with Gasteiger partial charge in [0.05, 0.1) is 22.1 Å². The molecule has 0 radical (unpaired) electrons. The Morgan fingerprint density at radius 2 is 2.02 bits per heavy atom. The van der Waals surface area contributed by atoms with Crippen LogP contribution in [-0.2, 0) is 4.79 Å². The SMILES string of the molecule is Cc1cc(C(=O)Nc2nc3cc(OC(F)(F)F)cc(Cl)c3n2C2CCCCN(C(=O)C=CCN(C)C)C2)ccn1. The third-order valence-corrected chi connectivity index (χ3v) is 6.67. The minimum Gasteiger partial charge on any atom is -0.406 e. The fourth-order valence-corrected chi connectivity index (χ4v) is 4.95. The molecule has 1 atom stereocenters. The first-order chi connectivity index (χ1) is 18.9. The van der Waals surface area contributed by atoms with Crippen molar-refractivity contribution in [1.82, 2.24) is 24.3 Å². The van der Waals surface area contributed by atoms with Gasteiger partial charge >= 0.3 is 6.36 Å². The average molecular weight is 579 g/mol. The van der Waals surface area contributed by atoms with Crippen LogP contribution in [0.1, 0.15) is 41.4 Å². The number of hydrogen-bond donors (Lipinski definition) is 1. The maximum atomic E-state index is 13.2. The van der Waals surface area contributed by atoms with Crippen LogP contribution in [0, 0.1) is 6.92 Å². The van der Waals surface area contributed by atoms with Crippen LogP contribution in [0.25, 0.3) is 11.0 Å². The molecule has 1 aliphatic rings. The van der Waals surface area contributed by atoms with Crippen LogP contribution in [-0.4, -0.2) is 76.2 Å². The lowest BCUT2D eigenvalue weighted by Crippen LogP contribution is -2.34. The highest BCUT2D eigenvalue weighted by atomic mass is 35.5. The number of pyridine rings is 1. The summed E-state index contributed by atoms with van der Waals surface area (Å²) < 4.78 is 44.6. The molecule has 40 heavy (non-hydrogen) atoms. The summed E-state index contributed by atoms with van der Waals surface area (Å²) in [6.07, 6.45) is 2.09. The van der Waals surface area contributed by atoms with Gasteiger partial charge < -0.3 is 19.1 Å². The zero-order valence-electron chi connectivity index (χ0n) is 22.3. The van der Waals surface area contributed by atoms with E-state index in [2.05, 4.69) is 20.0 Å². The van der Waals surface area contributed by atoms with Crippen LogP contribution in [0.2, 0.25) is 5.02 Å². The molecule has 1 unspecified atom stereocenters. The number of carbonyl (C=O) groups is 2. The quantitative estimate of drug-likeness (QED) is 0.387. The second-order valence-electron chi connectivity index (χ2n) is 9.86. The molecular formula is C27H30ClF3N6O3. The standard InChI is InChI=1S/C27H30ClF3N6O3/c1-17-13-18(9-10-32-17)25(39)34-26-33-22-15-20(40-27(29,30)31)14-21(28)24(22)37(26)19-7-4-5-12-36(16-19)23(38)8-6-11-35(2)3/h6,8-10,13-15,19H,4-5,7,11-12,16H2,1-3H3,(H,33,34,39). The molecule has 214 valence electrons. The maximum absolute atomic E-state index is 13.2. The lowest BCUT2D eigenvalue weighted by Gasteiger charge is -2.26. The number of hydrogen-bond acceptors (Lipinski definition) is 6. The Bertz CT molecular complexity index is 1420. The molecule has 13 heteroatoms. The Balaban J connectivity index is 1.75. The molecule has 1 aliphatic heterocycles. The average Bonchev–Trinajstić information content (AvgIpc) is 3.03. The van der Waals surface area contributed by atoms with Gasteiger partial charge in [-0.1, -0.05) is 17.7 Å². The lowest BCUT2D eigenvalue weighted by atomic mass is 10.1. The van der Waals surface area contributed by atoms with Gasteiger partial charge in [-0.15, -0.1) is 13.2 Å². The summed E-state index contributed by atoms with van der Waals surface area (Å²) in [4.78, 5) is 38.4. The summed E-state index contributed by atoms with van der Waals surface area (Å²) in [6.45, 7) is 3.20. The number of aromatic nitrogens is 3. The van der Waals surface area contributed by atoms with Gasteiger partial charge in [-0.2, -0.15) is 0 Å². The third kappa shape index (κ3) is 7.30. The first-order valence-electron chi connectivity index (χ1n) is 12.7. The van der Waals surface area contributed by atoms with Crippen LogP contribution in [0.3, 0.4) is 0 Å². The van der Waals surface area contributed by atoms with Crippen LogP contribution >= 0.6 is 11.6 Å². The molecular weight excluding hydrogens is 549 g/mol. The van der Waals surface area contributed by atoms with Gasteiger partial charge in [0.1, 0.15) is 5.75 Å². The Morgan fingerprint density at radius 1 is 1.25 bits per heavy atom. The first-order valence-corrected chi connectivity index (χ1v) is 13.1. The van der Waals surface area contributed by atoms with E-state index in [1.54, 1.807) is 34.6 Å². The second kappa shape index (κ2) is 12.3. The van der Waals surface area contributed by atoms with Crippen molar-refractivity contribution in [3.63, 3.8) is 0 Å². The number of amides is 2. The highest BCUT2D eigenvalue weighted by Crippen LogP contribution is 2.37. The van der Waals surface area contributed by atoms with E-state index in [1.165, 1.54) is 12.3 Å². The summed E-state index contributed by atoms with van der Waals surface area (Å²) in [5, 5.41) is 2.76. The largest absolute Gasteiger partial charge is 0.573 e. The van der Waals surface area contributed by atoms with Gasteiger partial charge in [-0.05, 0) is 52.4 Å². The summed E-state index contributed by atoms with van der Waals surface area (Å²) in [5.74, 6) is -1.05. The normalized spacial score (nSPS) is 16.5. The number of ether oxygens (including phenoxy) is 1. The molecule has 0 spiro atoms. The van der Waals surface area contributed by atoms with Gasteiger partial charge in [0.15, 0.2) is 0 Å². The molecule has 1 fully saturated rings. The monoisotopic (exact) mass is 578 g/mol. The number of nitrogens with zero attached hydrogens (tertiary/aromatic N) is 5. The van der Waals surface area contributed by atoms with Crippen molar-refractivity contribution in [2.24, 2.45) is 0 Å². The molecule has 0 bridgehead atoms. The fraction of sp³-hybridized carbons (Fsp3) is 0.407. The summed E-state index contributed by atoms with van der Waals surface area (Å²) in [5.41, 5.74) is 1.42. The number of benzene rings is 1. The van der Waals surface area contributed by atoms with Crippen LogP contribution < -0.4 is 10.1 Å². The molecule has 2 aromatic heterocycles. The molecule has 4 rings (SSSR count). The van der Waals surface area contributed by atoms with Crippen molar-refractivity contribution in [2.75, 3.05) is 39.0 Å². The van der Waals surface area contributed by atoms with Gasteiger partial charge in [0.2, 0.25) is 11.9 Å². The zero-order valence-corrected chi connectivity index (χ0v) is 23.1. The van der Waals surface area contributed by atoms with Crippen molar-refractivity contribution in [1.29, 1.82) is 0 Å². The third-order valence-electron chi connectivity index (χ3n) is 6.38. The van der Waals surface area contributed by atoms with E-state index in [1.807, 2.05) is 19.0 Å². The van der Waals surface area contributed by atoms with Crippen molar-refractivity contribution in [2.45, 2.75) is 38.6 Å². The summed E-state index contributed by atoms with van der Waals surface area (Å²) >= 11 is 6.52. The Morgan fingerprint density at radius 3 is 2.73 bits per heavy atom. The lowest BCUT2D eigenvalue weighted by molar-refractivity contribution is -0.274. The molecule has 0 aliphatic carbocycles. The Kier molecular flexibility index (Phi) is 8.99. The Labute approximate surface area is 234 Å². The molecule has 1 aromatic carbocycles. The maximum Gasteiger partial charge on any atom is 0.573 e. The number of likely N-dealkylation sites (tertiary alicyclic amines) is 1. The fourth-order valence-electron chi connectivity index (χ4n) is 4.65. The van der Waals surface area contributed by atoms with Crippen LogP contribution in [0.15, 0.2) is 42.6 Å². The van der Waals surface area contributed by atoms with E-state index in [-0.39, 0.29) is 28.4 Å². The summed E-state index contributed by atoms with van der Waals surface area (Å²) in [6, 6.07) is 4.98. The first kappa shape index (κ1) is 29.3. The number of imidazole rings is 1. The van der Waals surface area contributed by atoms with Gasteiger partial charge in [0.25, 0.3) is 5.91 Å². The second-order valence-corrected chi connectivity index (χ2v) is 10.3. The number of carbonyl (C=O) groups excluding carboxylic acids is 2. The van der Waals surface area contributed by atoms with E-state index in [0.29, 0.717) is 42.8 Å². The minimum atomic E-state index is -4.92. The van der Waals surface area contributed by atoms with E-state index in [4.69, 9.17) is 11.6 Å². The Hall–Kier alpha value is -3.64. The van der Waals surface area contributed by atoms with Crippen molar-refractivity contribution in [3.05, 3.63) is 58.9 Å². The number of aryl methyl sites for hydroxylation is 1. The molecule has 0 saturated carbocycles. The minimum absolute atomic E-state index is 0.0301. The molecule has 1 saturated heterocycles. The predicted molar refractivity (Wildman–Crippen MR) is 146 cm³/mol. The number of rotatable bonds is 7.